The van der Waals surface area contributed by atoms with Crippen molar-refractivity contribution in [1.29, 1.82) is 0 Å². The number of carbonyl (C=O) groups excluding carboxylic acids is 1. The number of amides is 1. The summed E-state index contributed by atoms with van der Waals surface area (Å²) >= 11 is 3.36. The maximum Gasteiger partial charge on any atom is 0.264 e. The number of aromatic nitrogens is 2. The van der Waals surface area contributed by atoms with Gasteiger partial charge in [0, 0.05) is 12.6 Å². The van der Waals surface area contributed by atoms with E-state index in [0.717, 1.165) is 27.1 Å². The number of hydrazone groups is 1. The summed E-state index contributed by atoms with van der Waals surface area (Å²) in [7, 11) is 1.64. The van der Waals surface area contributed by atoms with Gasteiger partial charge in [0.1, 0.15) is 12.3 Å². The van der Waals surface area contributed by atoms with Crippen LogP contribution in [0, 0.1) is 0 Å². The quantitative estimate of drug-likeness (QED) is 0.603. The molecule has 3 aromatic rings. The third-order valence-corrected chi connectivity index (χ3v) is 5.08. The molecule has 0 aliphatic carbocycles. The van der Waals surface area contributed by atoms with E-state index in [1.54, 1.807) is 29.2 Å². The van der Waals surface area contributed by atoms with Crippen molar-refractivity contribution in [2.24, 2.45) is 5.10 Å². The van der Waals surface area contributed by atoms with Crippen LogP contribution in [0.5, 0.6) is 5.75 Å². The molecule has 1 aliphatic heterocycles. The minimum Gasteiger partial charge on any atom is -0.497 e. The lowest BCUT2D eigenvalue weighted by Crippen LogP contribution is -2.30. The normalized spacial score (nSPS) is 16.1. The molecule has 0 saturated heterocycles. The van der Waals surface area contributed by atoms with Crippen molar-refractivity contribution in [1.82, 2.24) is 14.8 Å². The summed E-state index contributed by atoms with van der Waals surface area (Å²) in [6.45, 7) is 0.129. The van der Waals surface area contributed by atoms with E-state index >= 15 is 0 Å². The predicted octanol–water partition coefficient (Wildman–Crippen LogP) is 4.03. The van der Waals surface area contributed by atoms with Crippen LogP contribution in [-0.4, -0.2) is 33.5 Å². The average molecular weight is 439 g/mol. The Morgan fingerprint density at radius 3 is 2.57 bits per heavy atom. The van der Waals surface area contributed by atoms with E-state index in [9.17, 15) is 4.79 Å². The SMILES string of the molecule is COc1ccc([C@@H]2CC(c3ccccc3)=NN2C(=O)Cn2cc(Br)cn2)cc1. The number of ether oxygens (including phenoxy) is 1. The van der Waals surface area contributed by atoms with Gasteiger partial charge in [0.05, 0.1) is 29.5 Å². The molecule has 2 heterocycles. The second-order valence-corrected chi connectivity index (χ2v) is 7.42. The van der Waals surface area contributed by atoms with Crippen LogP contribution in [0.3, 0.4) is 0 Å². The largest absolute Gasteiger partial charge is 0.497 e. The van der Waals surface area contributed by atoms with Gasteiger partial charge in [-0.1, -0.05) is 42.5 Å². The van der Waals surface area contributed by atoms with Gasteiger partial charge in [-0.15, -0.1) is 0 Å². The Hall–Kier alpha value is -2.93. The van der Waals surface area contributed by atoms with Crippen LogP contribution < -0.4 is 4.74 Å². The molecule has 0 spiro atoms. The average Bonchev–Trinajstić information content (AvgIpc) is 3.35. The first-order valence-electron chi connectivity index (χ1n) is 8.91. The van der Waals surface area contributed by atoms with Crippen molar-refractivity contribution in [3.8, 4) is 5.75 Å². The molecular formula is C21H19BrN4O2. The predicted molar refractivity (Wildman–Crippen MR) is 110 cm³/mol. The summed E-state index contributed by atoms with van der Waals surface area (Å²) in [5, 5.41) is 10.4. The highest BCUT2D eigenvalue weighted by atomic mass is 79.9. The maximum absolute atomic E-state index is 13.0. The maximum atomic E-state index is 13.0. The number of methoxy groups -OCH3 is 1. The molecule has 28 heavy (non-hydrogen) atoms. The highest BCUT2D eigenvalue weighted by Crippen LogP contribution is 2.33. The molecule has 0 radical (unpaired) electrons. The van der Waals surface area contributed by atoms with Gasteiger partial charge in [0.15, 0.2) is 0 Å². The standard InChI is InChI=1S/C21H19BrN4O2/c1-28-18-9-7-16(8-10-18)20-11-19(15-5-3-2-4-6-15)24-26(20)21(27)14-25-13-17(22)12-23-25/h2-10,12-13,20H,11,14H2,1H3/t20-/m0/s1. The zero-order valence-corrected chi connectivity index (χ0v) is 16.9. The van der Waals surface area contributed by atoms with E-state index < -0.39 is 0 Å². The van der Waals surface area contributed by atoms with Crippen molar-refractivity contribution in [2.45, 2.75) is 19.0 Å². The summed E-state index contributed by atoms with van der Waals surface area (Å²) in [6, 6.07) is 17.6. The third kappa shape index (κ3) is 3.84. The second kappa shape index (κ2) is 7.98. The number of benzene rings is 2. The fraction of sp³-hybridized carbons (Fsp3) is 0.190. The van der Waals surface area contributed by atoms with E-state index in [1.165, 1.54) is 0 Å². The van der Waals surface area contributed by atoms with Gasteiger partial charge < -0.3 is 4.74 Å². The molecule has 0 N–H and O–H groups in total. The molecule has 0 fully saturated rings. The molecule has 1 atom stereocenters. The Kier molecular flexibility index (Phi) is 5.25. The first-order chi connectivity index (χ1) is 13.6. The molecule has 0 bridgehead atoms. The lowest BCUT2D eigenvalue weighted by Gasteiger charge is -2.22. The number of hydrogen-bond acceptors (Lipinski definition) is 4. The van der Waals surface area contributed by atoms with Crippen molar-refractivity contribution in [3.05, 3.63) is 82.6 Å². The number of halogens is 1. The number of rotatable bonds is 5. The molecule has 7 heteroatoms. The lowest BCUT2D eigenvalue weighted by atomic mass is 9.98. The Bertz CT molecular complexity index is 999. The van der Waals surface area contributed by atoms with Crippen LogP contribution in [0.15, 0.2) is 76.6 Å². The van der Waals surface area contributed by atoms with Crippen LogP contribution in [0.25, 0.3) is 0 Å². The second-order valence-electron chi connectivity index (χ2n) is 6.50. The smallest absolute Gasteiger partial charge is 0.264 e. The summed E-state index contributed by atoms with van der Waals surface area (Å²) in [6.07, 6.45) is 4.10. The van der Waals surface area contributed by atoms with Gasteiger partial charge in [0.2, 0.25) is 0 Å². The summed E-state index contributed by atoms with van der Waals surface area (Å²) < 4.78 is 7.69. The number of carbonyl (C=O) groups is 1. The van der Waals surface area contributed by atoms with Gasteiger partial charge >= 0.3 is 0 Å². The Morgan fingerprint density at radius 2 is 1.93 bits per heavy atom. The van der Waals surface area contributed by atoms with Gasteiger partial charge in [-0.25, -0.2) is 5.01 Å². The van der Waals surface area contributed by atoms with Crippen LogP contribution in [0.2, 0.25) is 0 Å². The molecule has 2 aromatic carbocycles. The Morgan fingerprint density at radius 1 is 1.18 bits per heavy atom. The van der Waals surface area contributed by atoms with Gasteiger partial charge in [-0.2, -0.15) is 10.2 Å². The molecule has 1 aromatic heterocycles. The first kappa shape index (κ1) is 18.4. The van der Waals surface area contributed by atoms with E-state index in [2.05, 4.69) is 26.1 Å². The van der Waals surface area contributed by atoms with Crippen LogP contribution in [-0.2, 0) is 11.3 Å². The first-order valence-corrected chi connectivity index (χ1v) is 9.70. The van der Waals surface area contributed by atoms with Crippen LogP contribution in [0.1, 0.15) is 23.6 Å². The minimum atomic E-state index is -0.160. The third-order valence-electron chi connectivity index (χ3n) is 4.67. The van der Waals surface area contributed by atoms with Crippen molar-refractivity contribution < 1.29 is 9.53 Å². The minimum absolute atomic E-state index is 0.109. The molecule has 6 nitrogen and oxygen atoms in total. The van der Waals surface area contributed by atoms with E-state index in [-0.39, 0.29) is 18.5 Å². The number of nitrogens with zero attached hydrogens (tertiary/aromatic N) is 4. The molecule has 142 valence electrons. The Balaban J connectivity index is 1.64. The highest BCUT2D eigenvalue weighted by Gasteiger charge is 2.33. The molecule has 0 unspecified atom stereocenters. The van der Waals surface area contributed by atoms with E-state index in [1.807, 2.05) is 54.6 Å². The molecule has 0 saturated carbocycles. The van der Waals surface area contributed by atoms with E-state index in [4.69, 9.17) is 4.74 Å². The topological polar surface area (TPSA) is 59.7 Å². The van der Waals surface area contributed by atoms with Gasteiger partial charge in [0.25, 0.3) is 5.91 Å². The molecular weight excluding hydrogens is 420 g/mol. The number of hydrogen-bond donors (Lipinski definition) is 0. The van der Waals surface area contributed by atoms with Gasteiger partial charge in [-0.05, 0) is 39.2 Å². The van der Waals surface area contributed by atoms with Crippen molar-refractivity contribution in [3.63, 3.8) is 0 Å². The zero-order chi connectivity index (χ0) is 19.5. The van der Waals surface area contributed by atoms with Gasteiger partial charge in [-0.3, -0.25) is 9.48 Å². The molecule has 1 amide bonds. The molecule has 4 rings (SSSR count). The monoisotopic (exact) mass is 438 g/mol. The Labute approximate surface area is 171 Å². The van der Waals surface area contributed by atoms with Crippen LogP contribution >= 0.6 is 15.9 Å². The molecule has 1 aliphatic rings. The summed E-state index contributed by atoms with van der Waals surface area (Å²) in [5.74, 6) is 0.674. The zero-order valence-electron chi connectivity index (χ0n) is 15.3. The van der Waals surface area contributed by atoms with Crippen molar-refractivity contribution in [2.75, 3.05) is 7.11 Å². The summed E-state index contributed by atoms with van der Waals surface area (Å²) in [5.41, 5.74) is 2.94. The van der Waals surface area contributed by atoms with Crippen molar-refractivity contribution >= 4 is 27.5 Å². The summed E-state index contributed by atoms with van der Waals surface area (Å²) in [4.78, 5) is 13.0. The van der Waals surface area contributed by atoms with E-state index in [0.29, 0.717) is 6.42 Å². The van der Waals surface area contributed by atoms with Crippen LogP contribution in [0.4, 0.5) is 0 Å². The lowest BCUT2D eigenvalue weighted by molar-refractivity contribution is -0.133. The fourth-order valence-corrected chi connectivity index (χ4v) is 3.59. The fourth-order valence-electron chi connectivity index (χ4n) is 3.27. The highest BCUT2D eigenvalue weighted by molar-refractivity contribution is 9.10.